The molecule has 106 valence electrons. The van der Waals surface area contributed by atoms with Crippen molar-refractivity contribution in [2.24, 2.45) is 0 Å². The monoisotopic (exact) mass is 300 g/mol. The Hall–Kier alpha value is -0.750. The van der Waals surface area contributed by atoms with Gasteiger partial charge in [-0.25, -0.2) is 4.98 Å². The molecule has 1 aliphatic heterocycles. The minimum atomic E-state index is -0.194. The summed E-state index contributed by atoms with van der Waals surface area (Å²) < 4.78 is 4.94. The highest BCUT2D eigenvalue weighted by molar-refractivity contribution is 7.99. The first-order valence-electron chi connectivity index (χ1n) is 6.60. The Morgan fingerprint density at radius 1 is 1.58 bits per heavy atom. The van der Waals surface area contributed by atoms with E-state index >= 15 is 0 Å². The van der Waals surface area contributed by atoms with Crippen LogP contribution in [0, 0.1) is 0 Å². The summed E-state index contributed by atoms with van der Waals surface area (Å²) in [5.74, 6) is -0.194. The van der Waals surface area contributed by atoms with Gasteiger partial charge >= 0.3 is 5.97 Å². The van der Waals surface area contributed by atoms with Gasteiger partial charge < -0.3 is 9.64 Å². The number of rotatable bonds is 5. The molecule has 0 saturated carbocycles. The molecule has 2 heterocycles. The Labute approximate surface area is 122 Å². The Morgan fingerprint density at radius 2 is 2.32 bits per heavy atom. The number of hydrogen-bond acceptors (Lipinski definition) is 6. The molecule has 0 bridgehead atoms. The minimum absolute atomic E-state index is 0.194. The molecule has 0 N–H and O–H groups in total. The van der Waals surface area contributed by atoms with Crippen molar-refractivity contribution in [3.8, 4) is 0 Å². The average molecular weight is 300 g/mol. The van der Waals surface area contributed by atoms with Crippen LogP contribution in [-0.2, 0) is 16.0 Å². The molecule has 1 fully saturated rings. The lowest BCUT2D eigenvalue weighted by Crippen LogP contribution is -2.34. The van der Waals surface area contributed by atoms with Crippen LogP contribution < -0.4 is 4.90 Å². The van der Waals surface area contributed by atoms with Crippen LogP contribution in [-0.4, -0.2) is 42.2 Å². The van der Waals surface area contributed by atoms with Crippen LogP contribution in [0.25, 0.3) is 0 Å². The lowest BCUT2D eigenvalue weighted by Gasteiger charge is -2.30. The van der Waals surface area contributed by atoms with Crippen LogP contribution in [0.5, 0.6) is 0 Å². The van der Waals surface area contributed by atoms with Crippen LogP contribution >= 0.6 is 23.1 Å². The molecule has 0 spiro atoms. The molecule has 19 heavy (non-hydrogen) atoms. The second-order valence-electron chi connectivity index (χ2n) is 4.53. The van der Waals surface area contributed by atoms with E-state index in [4.69, 9.17) is 4.74 Å². The van der Waals surface area contributed by atoms with E-state index in [1.54, 1.807) is 11.3 Å². The van der Waals surface area contributed by atoms with Gasteiger partial charge in [0.1, 0.15) is 0 Å². The van der Waals surface area contributed by atoms with Crippen molar-refractivity contribution in [1.82, 2.24) is 4.98 Å². The second-order valence-corrected chi connectivity index (χ2v) is 6.50. The van der Waals surface area contributed by atoms with Crippen molar-refractivity contribution < 1.29 is 9.53 Å². The molecule has 1 aromatic rings. The number of carbonyl (C=O) groups is 1. The minimum Gasteiger partial charge on any atom is -0.466 e. The quantitative estimate of drug-likeness (QED) is 0.782. The standard InChI is InChI=1S/C13H20N2O2S2/c1-3-17-12(16)8-10-9-19-13(14-10)15-6-4-11(18-2)5-7-15/h9,11H,3-8H2,1-2H3. The normalized spacial score (nSPS) is 16.6. The molecule has 0 aromatic carbocycles. The molecule has 0 atom stereocenters. The first-order chi connectivity index (χ1) is 9.22. The van der Waals surface area contributed by atoms with E-state index in [0.29, 0.717) is 6.61 Å². The van der Waals surface area contributed by atoms with E-state index in [1.165, 1.54) is 12.8 Å². The molecule has 1 aromatic heterocycles. The van der Waals surface area contributed by atoms with Crippen LogP contribution in [0.4, 0.5) is 5.13 Å². The predicted octanol–water partition coefficient (Wildman–Crippen LogP) is 2.58. The van der Waals surface area contributed by atoms with Crippen molar-refractivity contribution in [1.29, 1.82) is 0 Å². The Morgan fingerprint density at radius 3 is 2.95 bits per heavy atom. The summed E-state index contributed by atoms with van der Waals surface area (Å²) in [6.07, 6.45) is 4.90. The van der Waals surface area contributed by atoms with Crippen LogP contribution in [0.3, 0.4) is 0 Å². The zero-order chi connectivity index (χ0) is 13.7. The molecular weight excluding hydrogens is 280 g/mol. The van der Waals surface area contributed by atoms with Gasteiger partial charge in [0.25, 0.3) is 0 Å². The number of carbonyl (C=O) groups excluding carboxylic acids is 1. The molecular formula is C13H20N2O2S2. The molecule has 0 unspecified atom stereocenters. The molecule has 2 rings (SSSR count). The highest BCUT2D eigenvalue weighted by Gasteiger charge is 2.20. The third kappa shape index (κ3) is 4.11. The third-order valence-corrected chi connectivity index (χ3v) is 5.30. The third-order valence-electron chi connectivity index (χ3n) is 3.22. The molecule has 6 heteroatoms. The summed E-state index contributed by atoms with van der Waals surface area (Å²) in [4.78, 5) is 18.3. The summed E-state index contributed by atoms with van der Waals surface area (Å²) in [7, 11) is 0. The second kappa shape index (κ2) is 7.14. The number of hydrogen-bond donors (Lipinski definition) is 0. The number of thiazole rings is 1. The van der Waals surface area contributed by atoms with Gasteiger partial charge in [-0.05, 0) is 26.0 Å². The summed E-state index contributed by atoms with van der Waals surface area (Å²) >= 11 is 3.58. The summed E-state index contributed by atoms with van der Waals surface area (Å²) in [6.45, 7) is 4.38. The van der Waals surface area contributed by atoms with Crippen LogP contribution in [0.1, 0.15) is 25.5 Å². The van der Waals surface area contributed by atoms with Crippen molar-refractivity contribution in [3.05, 3.63) is 11.1 Å². The molecule has 0 radical (unpaired) electrons. The zero-order valence-corrected chi connectivity index (χ0v) is 13.1. The molecule has 4 nitrogen and oxygen atoms in total. The van der Waals surface area contributed by atoms with Crippen molar-refractivity contribution in [3.63, 3.8) is 0 Å². The van der Waals surface area contributed by atoms with E-state index in [-0.39, 0.29) is 12.4 Å². The Balaban J connectivity index is 1.88. The van der Waals surface area contributed by atoms with E-state index < -0.39 is 0 Å². The predicted molar refractivity (Wildman–Crippen MR) is 81.2 cm³/mol. The average Bonchev–Trinajstić information content (AvgIpc) is 2.87. The number of aromatic nitrogens is 1. The summed E-state index contributed by atoms with van der Waals surface area (Å²) in [6, 6.07) is 0. The van der Waals surface area contributed by atoms with Crippen molar-refractivity contribution >= 4 is 34.2 Å². The SMILES string of the molecule is CCOC(=O)Cc1csc(N2CCC(SC)CC2)n1. The van der Waals surface area contributed by atoms with Gasteiger partial charge in [-0.2, -0.15) is 11.8 Å². The fraction of sp³-hybridized carbons (Fsp3) is 0.692. The lowest BCUT2D eigenvalue weighted by atomic mass is 10.1. The molecule has 1 aliphatic rings. The van der Waals surface area contributed by atoms with E-state index in [9.17, 15) is 4.79 Å². The van der Waals surface area contributed by atoms with Crippen LogP contribution in [0.15, 0.2) is 5.38 Å². The maximum absolute atomic E-state index is 11.4. The van der Waals surface area contributed by atoms with Gasteiger partial charge in [-0.15, -0.1) is 11.3 Å². The Kier molecular flexibility index (Phi) is 5.51. The van der Waals surface area contributed by atoms with E-state index in [1.807, 2.05) is 24.1 Å². The lowest BCUT2D eigenvalue weighted by molar-refractivity contribution is -0.142. The number of anilines is 1. The molecule has 0 amide bonds. The number of piperidine rings is 1. The topological polar surface area (TPSA) is 42.4 Å². The molecule has 1 saturated heterocycles. The maximum Gasteiger partial charge on any atom is 0.311 e. The highest BCUT2D eigenvalue weighted by Crippen LogP contribution is 2.27. The highest BCUT2D eigenvalue weighted by atomic mass is 32.2. The van der Waals surface area contributed by atoms with Gasteiger partial charge in [0.2, 0.25) is 0 Å². The fourth-order valence-corrected chi connectivity index (χ4v) is 3.73. The van der Waals surface area contributed by atoms with Crippen molar-refractivity contribution in [2.75, 3.05) is 30.9 Å². The van der Waals surface area contributed by atoms with Gasteiger partial charge in [0.05, 0.1) is 18.7 Å². The summed E-state index contributed by atoms with van der Waals surface area (Å²) in [5.41, 5.74) is 0.824. The summed E-state index contributed by atoms with van der Waals surface area (Å²) in [5, 5.41) is 3.79. The first-order valence-corrected chi connectivity index (χ1v) is 8.77. The number of thioether (sulfide) groups is 1. The van der Waals surface area contributed by atoms with Crippen LogP contribution in [0.2, 0.25) is 0 Å². The zero-order valence-electron chi connectivity index (χ0n) is 11.4. The van der Waals surface area contributed by atoms with Gasteiger partial charge in [0, 0.05) is 23.7 Å². The number of ether oxygens (including phenoxy) is 1. The smallest absolute Gasteiger partial charge is 0.311 e. The van der Waals surface area contributed by atoms with Gasteiger partial charge in [0.15, 0.2) is 5.13 Å². The number of nitrogens with zero attached hydrogens (tertiary/aromatic N) is 2. The van der Waals surface area contributed by atoms with Gasteiger partial charge in [-0.3, -0.25) is 4.79 Å². The first kappa shape index (κ1) is 14.7. The maximum atomic E-state index is 11.4. The molecule has 0 aliphatic carbocycles. The van der Waals surface area contributed by atoms with Gasteiger partial charge in [-0.1, -0.05) is 0 Å². The Bertz CT molecular complexity index is 415. The van der Waals surface area contributed by atoms with E-state index in [2.05, 4.69) is 16.1 Å². The van der Waals surface area contributed by atoms with Crippen molar-refractivity contribution in [2.45, 2.75) is 31.4 Å². The van der Waals surface area contributed by atoms with E-state index in [0.717, 1.165) is 29.2 Å². The largest absolute Gasteiger partial charge is 0.466 e. The fourth-order valence-electron chi connectivity index (χ4n) is 2.17. The number of esters is 1.